The lowest BCUT2D eigenvalue weighted by Crippen LogP contribution is -2.58. The zero-order chi connectivity index (χ0) is 20.6. The molecule has 2 atom stereocenters. The van der Waals surface area contributed by atoms with Crippen LogP contribution in [0.25, 0.3) is 0 Å². The molecule has 3 N–H and O–H groups in total. The molecule has 2 rings (SSSR count). The van der Waals surface area contributed by atoms with Gasteiger partial charge in [0, 0.05) is 7.05 Å². The Hall–Kier alpha value is -2.27. The molecule has 0 saturated heterocycles. The van der Waals surface area contributed by atoms with Crippen molar-refractivity contribution in [2.24, 2.45) is 10.5 Å². The molecule has 1 heterocycles. The van der Waals surface area contributed by atoms with E-state index >= 15 is 0 Å². The van der Waals surface area contributed by atoms with Crippen molar-refractivity contribution in [2.45, 2.75) is 22.1 Å². The summed E-state index contributed by atoms with van der Waals surface area (Å²) in [5, 5.41) is 16.0. The second kappa shape index (κ2) is 7.39. The van der Waals surface area contributed by atoms with Gasteiger partial charge in [-0.1, -0.05) is 11.6 Å². The van der Waals surface area contributed by atoms with Crippen molar-refractivity contribution in [1.29, 1.82) is 0 Å². The van der Waals surface area contributed by atoms with Crippen molar-refractivity contribution in [2.75, 3.05) is 18.6 Å². The standard InChI is InChI=1S/C10H12ClN5O9S2/c1-15-6-2-5(11)8(26(12,20)21)3-9(6)27(22,23)13-10(15)7(25-14-17)4-24-16(18)19/h2-3,7,10,13H,4H2,1H3,(H2,12,20,21)/t7-,10?/m1/s1. The Bertz CT molecular complexity index is 983. The number of benzene rings is 1. The van der Waals surface area contributed by atoms with Gasteiger partial charge in [-0.3, -0.25) is 0 Å². The first-order valence-corrected chi connectivity index (χ1v) is 10.2. The smallest absolute Gasteiger partial charge is 0.294 e. The topological polar surface area (TPSA) is 201 Å². The van der Waals surface area contributed by atoms with E-state index in [-0.39, 0.29) is 10.7 Å². The molecule has 150 valence electrons. The van der Waals surface area contributed by atoms with Gasteiger partial charge in [0.25, 0.3) is 5.09 Å². The number of nitrogens with one attached hydrogen (secondary N) is 1. The first-order valence-electron chi connectivity index (χ1n) is 6.75. The van der Waals surface area contributed by atoms with Crippen LogP contribution in [0, 0.1) is 15.0 Å². The molecular weight excluding hydrogens is 434 g/mol. The van der Waals surface area contributed by atoms with Crippen molar-refractivity contribution in [3.63, 3.8) is 0 Å². The number of likely N-dealkylation sites (N-methyl/N-ethyl adjacent to an activating group) is 1. The molecule has 0 aliphatic carbocycles. The van der Waals surface area contributed by atoms with Crippen molar-refractivity contribution in [3.05, 3.63) is 32.2 Å². The number of halogens is 1. The third kappa shape index (κ3) is 4.35. The fourth-order valence-electron chi connectivity index (χ4n) is 2.38. The molecule has 14 nitrogen and oxygen atoms in total. The Balaban J connectivity index is 2.55. The summed E-state index contributed by atoms with van der Waals surface area (Å²) in [7, 11) is -7.32. The molecule has 0 saturated carbocycles. The summed E-state index contributed by atoms with van der Waals surface area (Å²) in [6.45, 7) is -0.825. The van der Waals surface area contributed by atoms with Crippen LogP contribution >= 0.6 is 11.6 Å². The Morgan fingerprint density at radius 3 is 2.67 bits per heavy atom. The molecule has 0 radical (unpaired) electrons. The fraction of sp³-hybridized carbons (Fsp3) is 0.400. The van der Waals surface area contributed by atoms with Crippen molar-refractivity contribution in [1.82, 2.24) is 4.72 Å². The summed E-state index contributed by atoms with van der Waals surface area (Å²) in [4.78, 5) is 29.5. The van der Waals surface area contributed by atoms with E-state index in [9.17, 15) is 31.9 Å². The van der Waals surface area contributed by atoms with E-state index in [0.717, 1.165) is 12.1 Å². The second-order valence-corrected chi connectivity index (χ2v) is 8.83. The third-order valence-corrected chi connectivity index (χ3v) is 6.39. The highest BCUT2D eigenvalue weighted by Crippen LogP contribution is 2.37. The number of primary sulfonamides is 1. The Labute approximate surface area is 157 Å². The van der Waals surface area contributed by atoms with Gasteiger partial charge in [0.2, 0.25) is 20.0 Å². The molecule has 0 bridgehead atoms. The van der Waals surface area contributed by atoms with Crippen LogP contribution in [0.2, 0.25) is 5.02 Å². The highest BCUT2D eigenvalue weighted by atomic mass is 35.5. The van der Waals surface area contributed by atoms with Crippen LogP contribution in [0.1, 0.15) is 0 Å². The molecule has 1 unspecified atom stereocenters. The molecule has 0 aromatic heterocycles. The van der Waals surface area contributed by atoms with Gasteiger partial charge < -0.3 is 14.6 Å². The second-order valence-electron chi connectivity index (χ2n) is 5.21. The largest absolute Gasteiger partial charge is 0.355 e. The lowest BCUT2D eigenvalue weighted by Gasteiger charge is -2.38. The van der Waals surface area contributed by atoms with E-state index in [4.69, 9.17) is 16.7 Å². The zero-order valence-corrected chi connectivity index (χ0v) is 15.7. The van der Waals surface area contributed by atoms with Crippen LogP contribution in [-0.2, 0) is 29.7 Å². The molecule has 0 amide bonds. The number of anilines is 1. The normalized spacial score (nSPS) is 19.7. The summed E-state index contributed by atoms with van der Waals surface area (Å²) in [5.74, 6) is 0. The van der Waals surface area contributed by atoms with E-state index in [0.29, 0.717) is 0 Å². The van der Waals surface area contributed by atoms with Crippen molar-refractivity contribution < 1.29 is 31.6 Å². The zero-order valence-electron chi connectivity index (χ0n) is 13.3. The number of sulfonamides is 2. The molecule has 1 aromatic carbocycles. The number of hydrogen-bond acceptors (Lipinski definition) is 11. The van der Waals surface area contributed by atoms with Gasteiger partial charge in [0.05, 0.1) is 10.7 Å². The van der Waals surface area contributed by atoms with Crippen LogP contribution in [0.5, 0.6) is 0 Å². The van der Waals surface area contributed by atoms with Crippen LogP contribution < -0.4 is 14.8 Å². The maximum absolute atomic E-state index is 12.5. The summed E-state index contributed by atoms with van der Waals surface area (Å²) in [6, 6.07) is 1.80. The number of fused-ring (bicyclic) bond motifs is 1. The molecule has 1 aromatic rings. The molecule has 1 aliphatic rings. The summed E-state index contributed by atoms with van der Waals surface area (Å²) >= 11 is 5.88. The SMILES string of the molecule is CN1c2cc(Cl)c(S(N)(=O)=O)cc2S(=O)(=O)NC1[C@@H](CO[N+](=O)[O-])ON=O. The molecule has 1 aliphatic heterocycles. The summed E-state index contributed by atoms with van der Waals surface area (Å²) in [5.41, 5.74) is -0.0725. The monoisotopic (exact) mass is 445 g/mol. The molecule has 27 heavy (non-hydrogen) atoms. The molecule has 0 spiro atoms. The Morgan fingerprint density at radius 1 is 1.52 bits per heavy atom. The minimum absolute atomic E-state index is 0.0725. The maximum atomic E-state index is 12.5. The van der Waals surface area contributed by atoms with Gasteiger partial charge in [-0.15, -0.1) is 15.0 Å². The van der Waals surface area contributed by atoms with Gasteiger partial charge >= 0.3 is 0 Å². The average Bonchev–Trinajstić information content (AvgIpc) is 2.53. The summed E-state index contributed by atoms with van der Waals surface area (Å²) in [6.07, 6.45) is -2.88. The minimum atomic E-state index is -4.35. The fourth-order valence-corrected chi connectivity index (χ4v) is 5.05. The molecule has 0 fully saturated rings. The Kier molecular flexibility index (Phi) is 5.76. The predicted octanol–water partition coefficient (Wildman–Crippen LogP) is -0.683. The van der Waals surface area contributed by atoms with Crippen LogP contribution in [0.15, 0.2) is 27.3 Å². The van der Waals surface area contributed by atoms with Crippen molar-refractivity contribution in [3.8, 4) is 0 Å². The molecular formula is C10H12ClN5O9S2. The predicted molar refractivity (Wildman–Crippen MR) is 89.0 cm³/mol. The van der Waals surface area contributed by atoms with Gasteiger partial charge in [-0.2, -0.15) is 4.72 Å². The lowest BCUT2D eigenvalue weighted by molar-refractivity contribution is -0.759. The van der Waals surface area contributed by atoms with Crippen LogP contribution in [-0.4, -0.2) is 47.8 Å². The Morgan fingerprint density at radius 2 is 2.15 bits per heavy atom. The number of hydrogen-bond donors (Lipinski definition) is 2. The van der Waals surface area contributed by atoms with E-state index in [2.05, 4.69) is 19.7 Å². The van der Waals surface area contributed by atoms with Crippen LogP contribution in [0.4, 0.5) is 5.69 Å². The number of rotatable bonds is 7. The number of nitrogens with two attached hydrogens (primary N) is 1. The van der Waals surface area contributed by atoms with Gasteiger partial charge in [0.1, 0.15) is 22.6 Å². The third-order valence-electron chi connectivity index (χ3n) is 3.56. The van der Waals surface area contributed by atoms with E-state index in [1.165, 1.54) is 11.9 Å². The van der Waals surface area contributed by atoms with Gasteiger partial charge in [-0.05, 0) is 12.1 Å². The quantitative estimate of drug-likeness (QED) is 0.307. The van der Waals surface area contributed by atoms with E-state index in [1.807, 2.05) is 0 Å². The number of nitrogens with zero attached hydrogens (tertiary/aromatic N) is 3. The first kappa shape index (κ1) is 21.0. The minimum Gasteiger partial charge on any atom is -0.355 e. The maximum Gasteiger partial charge on any atom is 0.294 e. The van der Waals surface area contributed by atoms with E-state index < -0.39 is 53.8 Å². The average molecular weight is 446 g/mol. The van der Waals surface area contributed by atoms with Crippen molar-refractivity contribution >= 4 is 37.3 Å². The van der Waals surface area contributed by atoms with Gasteiger partial charge in [0.15, 0.2) is 11.4 Å². The lowest BCUT2D eigenvalue weighted by atomic mass is 10.2. The highest BCUT2D eigenvalue weighted by Gasteiger charge is 2.41. The molecule has 17 heteroatoms. The van der Waals surface area contributed by atoms with E-state index in [1.54, 1.807) is 0 Å². The van der Waals surface area contributed by atoms with Gasteiger partial charge in [-0.25, -0.2) is 22.0 Å². The first-order chi connectivity index (χ1) is 12.4. The highest BCUT2D eigenvalue weighted by molar-refractivity contribution is 7.90. The van der Waals surface area contributed by atoms with Crippen LogP contribution in [0.3, 0.4) is 0 Å². The summed E-state index contributed by atoms with van der Waals surface area (Å²) < 4.78 is 50.2.